The number of carbonyl (C=O) groups excluding carboxylic acids is 1. The van der Waals surface area contributed by atoms with Gasteiger partial charge in [0.1, 0.15) is 5.01 Å². The summed E-state index contributed by atoms with van der Waals surface area (Å²) in [7, 11) is 0. The normalized spacial score (nSPS) is 10.7. The largest absolute Gasteiger partial charge is 0.356 e. The van der Waals surface area contributed by atoms with Crippen LogP contribution in [0.1, 0.15) is 17.4 Å². The predicted molar refractivity (Wildman–Crippen MR) is 98.0 cm³/mol. The van der Waals surface area contributed by atoms with E-state index in [0.29, 0.717) is 6.54 Å². The van der Waals surface area contributed by atoms with Gasteiger partial charge in [0.2, 0.25) is 5.91 Å². The lowest BCUT2D eigenvalue weighted by Crippen LogP contribution is -2.21. The number of aryl methyl sites for hydroxylation is 1. The zero-order valence-corrected chi connectivity index (χ0v) is 14.8. The molecule has 0 fully saturated rings. The van der Waals surface area contributed by atoms with Crippen LogP contribution < -0.4 is 5.32 Å². The second kappa shape index (κ2) is 7.06. The van der Waals surface area contributed by atoms with Gasteiger partial charge in [0, 0.05) is 29.3 Å². The van der Waals surface area contributed by atoms with Gasteiger partial charge in [-0.1, -0.05) is 29.8 Å². The topological polar surface area (TPSA) is 42.0 Å². The van der Waals surface area contributed by atoms with E-state index in [-0.39, 0.29) is 5.91 Å². The van der Waals surface area contributed by atoms with Crippen molar-refractivity contribution in [3.05, 3.63) is 52.2 Å². The molecule has 5 heteroatoms. The standard InChI is InChI=1S/C18H18N2OS2/c1-12-3-5-14(6-4-12)18-20-16(11-22-18)17-8-7-15(23-17)9-10-19-13(2)21/h3-8,11H,9-10H2,1-2H3,(H,19,21). The summed E-state index contributed by atoms with van der Waals surface area (Å²) in [6, 6.07) is 12.7. The molecule has 3 nitrogen and oxygen atoms in total. The summed E-state index contributed by atoms with van der Waals surface area (Å²) in [6.45, 7) is 4.31. The summed E-state index contributed by atoms with van der Waals surface area (Å²) in [6.07, 6.45) is 0.860. The molecule has 2 aromatic heterocycles. The van der Waals surface area contributed by atoms with Gasteiger partial charge in [-0.3, -0.25) is 4.79 Å². The number of thiazole rings is 1. The van der Waals surface area contributed by atoms with Crippen LogP contribution in [0.3, 0.4) is 0 Å². The molecule has 0 saturated heterocycles. The summed E-state index contributed by atoms with van der Waals surface area (Å²) in [4.78, 5) is 18.1. The Morgan fingerprint density at radius 3 is 2.70 bits per heavy atom. The van der Waals surface area contributed by atoms with Crippen molar-refractivity contribution in [3.8, 4) is 21.1 Å². The number of amides is 1. The molecule has 0 saturated carbocycles. The van der Waals surface area contributed by atoms with Gasteiger partial charge >= 0.3 is 0 Å². The summed E-state index contributed by atoms with van der Waals surface area (Å²) >= 11 is 3.41. The number of carbonyl (C=O) groups is 1. The molecule has 0 atom stereocenters. The van der Waals surface area contributed by atoms with Crippen LogP contribution in [-0.4, -0.2) is 17.4 Å². The summed E-state index contributed by atoms with van der Waals surface area (Å²) in [5, 5.41) is 5.99. The first-order valence-corrected chi connectivity index (χ1v) is 9.17. The van der Waals surface area contributed by atoms with Crippen LogP contribution in [-0.2, 0) is 11.2 Å². The van der Waals surface area contributed by atoms with Gasteiger partial charge in [-0.05, 0) is 25.5 Å². The van der Waals surface area contributed by atoms with Gasteiger partial charge in [-0.2, -0.15) is 0 Å². The minimum absolute atomic E-state index is 0.0176. The van der Waals surface area contributed by atoms with Gasteiger partial charge in [-0.15, -0.1) is 22.7 Å². The maximum Gasteiger partial charge on any atom is 0.216 e. The molecule has 3 aromatic rings. The molecule has 1 amide bonds. The number of nitrogens with one attached hydrogen (secondary N) is 1. The third-order valence-corrected chi connectivity index (χ3v) is 5.52. The van der Waals surface area contributed by atoms with Gasteiger partial charge < -0.3 is 5.32 Å². The second-order valence-electron chi connectivity index (χ2n) is 5.40. The van der Waals surface area contributed by atoms with Crippen molar-refractivity contribution in [3.63, 3.8) is 0 Å². The highest BCUT2D eigenvalue weighted by Gasteiger charge is 2.09. The Balaban J connectivity index is 1.72. The zero-order chi connectivity index (χ0) is 16.2. The van der Waals surface area contributed by atoms with E-state index in [9.17, 15) is 4.79 Å². The van der Waals surface area contributed by atoms with Crippen molar-refractivity contribution >= 4 is 28.6 Å². The van der Waals surface area contributed by atoms with Crippen LogP contribution in [0, 0.1) is 6.92 Å². The molecule has 118 valence electrons. The molecule has 1 N–H and O–H groups in total. The number of nitrogens with zero attached hydrogens (tertiary/aromatic N) is 1. The molecule has 1 aromatic carbocycles. The highest BCUT2D eigenvalue weighted by atomic mass is 32.1. The summed E-state index contributed by atoms with van der Waals surface area (Å²) < 4.78 is 0. The van der Waals surface area contributed by atoms with Crippen molar-refractivity contribution in [1.82, 2.24) is 10.3 Å². The highest BCUT2D eigenvalue weighted by Crippen LogP contribution is 2.32. The minimum atomic E-state index is 0.0176. The van der Waals surface area contributed by atoms with Crippen LogP contribution in [0.25, 0.3) is 21.1 Å². The molecule has 0 spiro atoms. The monoisotopic (exact) mass is 342 g/mol. The first-order chi connectivity index (χ1) is 11.1. The van der Waals surface area contributed by atoms with Crippen LogP contribution in [0.5, 0.6) is 0 Å². The Morgan fingerprint density at radius 2 is 1.96 bits per heavy atom. The van der Waals surface area contributed by atoms with Crippen LogP contribution in [0.15, 0.2) is 41.8 Å². The fourth-order valence-corrected chi connectivity index (χ4v) is 4.10. The van der Waals surface area contributed by atoms with E-state index in [4.69, 9.17) is 4.98 Å². The summed E-state index contributed by atoms with van der Waals surface area (Å²) in [5.41, 5.74) is 3.45. The number of rotatable bonds is 5. The van der Waals surface area contributed by atoms with Crippen LogP contribution >= 0.6 is 22.7 Å². The quantitative estimate of drug-likeness (QED) is 0.740. The maximum atomic E-state index is 10.9. The van der Waals surface area contributed by atoms with E-state index in [1.165, 1.54) is 15.3 Å². The SMILES string of the molecule is CC(=O)NCCc1ccc(-c2csc(-c3ccc(C)cc3)n2)s1. The van der Waals surface area contributed by atoms with Crippen molar-refractivity contribution in [2.45, 2.75) is 20.3 Å². The Morgan fingerprint density at radius 1 is 1.17 bits per heavy atom. The van der Waals surface area contributed by atoms with E-state index < -0.39 is 0 Å². The van der Waals surface area contributed by atoms with E-state index in [1.54, 1.807) is 29.6 Å². The van der Waals surface area contributed by atoms with Crippen molar-refractivity contribution in [2.75, 3.05) is 6.54 Å². The number of aromatic nitrogens is 1. The van der Waals surface area contributed by atoms with Gasteiger partial charge in [-0.25, -0.2) is 4.98 Å². The molecule has 0 radical (unpaired) electrons. The Hall–Kier alpha value is -1.98. The average molecular weight is 342 g/mol. The van der Waals surface area contributed by atoms with E-state index in [0.717, 1.165) is 22.7 Å². The summed E-state index contributed by atoms with van der Waals surface area (Å²) in [5.74, 6) is 0.0176. The Kier molecular flexibility index (Phi) is 4.88. The Bertz CT molecular complexity index is 803. The molecular formula is C18H18N2OS2. The van der Waals surface area contributed by atoms with Crippen molar-refractivity contribution < 1.29 is 4.79 Å². The van der Waals surface area contributed by atoms with Crippen LogP contribution in [0.2, 0.25) is 0 Å². The zero-order valence-electron chi connectivity index (χ0n) is 13.1. The molecule has 23 heavy (non-hydrogen) atoms. The predicted octanol–water partition coefficient (Wildman–Crippen LogP) is 4.53. The maximum absolute atomic E-state index is 10.9. The number of hydrogen-bond donors (Lipinski definition) is 1. The lowest BCUT2D eigenvalue weighted by molar-refractivity contribution is -0.118. The number of benzene rings is 1. The first-order valence-electron chi connectivity index (χ1n) is 7.48. The number of hydrogen-bond acceptors (Lipinski definition) is 4. The van der Waals surface area contributed by atoms with Crippen molar-refractivity contribution in [1.29, 1.82) is 0 Å². The third kappa shape index (κ3) is 4.06. The molecule has 0 aliphatic heterocycles. The average Bonchev–Trinajstić information content (AvgIpc) is 3.16. The molecule has 3 rings (SSSR count). The molecule has 0 unspecified atom stereocenters. The number of thiophene rings is 1. The lowest BCUT2D eigenvalue weighted by Gasteiger charge is -1.98. The third-order valence-electron chi connectivity index (χ3n) is 3.46. The molecular weight excluding hydrogens is 324 g/mol. The minimum Gasteiger partial charge on any atom is -0.356 e. The molecule has 0 aliphatic carbocycles. The first kappa shape index (κ1) is 15.9. The molecule has 0 bridgehead atoms. The molecule has 0 aliphatic rings. The van der Waals surface area contributed by atoms with Gasteiger partial charge in [0.25, 0.3) is 0 Å². The van der Waals surface area contributed by atoms with Gasteiger partial charge in [0.15, 0.2) is 0 Å². The highest BCUT2D eigenvalue weighted by molar-refractivity contribution is 7.16. The van der Waals surface area contributed by atoms with E-state index >= 15 is 0 Å². The molecule has 2 heterocycles. The fraction of sp³-hybridized carbons (Fsp3) is 0.222. The van der Waals surface area contributed by atoms with E-state index in [2.05, 4.69) is 54.0 Å². The Labute approximate surface area is 144 Å². The smallest absolute Gasteiger partial charge is 0.216 e. The lowest BCUT2D eigenvalue weighted by atomic mass is 10.2. The van der Waals surface area contributed by atoms with Crippen LogP contribution in [0.4, 0.5) is 0 Å². The fourth-order valence-electron chi connectivity index (χ4n) is 2.23. The van der Waals surface area contributed by atoms with E-state index in [1.807, 2.05) is 0 Å². The second-order valence-corrected chi connectivity index (χ2v) is 7.43. The van der Waals surface area contributed by atoms with Gasteiger partial charge in [0.05, 0.1) is 10.6 Å². The van der Waals surface area contributed by atoms with Crippen molar-refractivity contribution in [2.24, 2.45) is 0 Å².